The Hall–Kier alpha value is -1.89. The van der Waals surface area contributed by atoms with E-state index in [0.717, 1.165) is 5.56 Å². The van der Waals surface area contributed by atoms with Crippen LogP contribution in [0.15, 0.2) is 48.5 Å². The van der Waals surface area contributed by atoms with Crippen LogP contribution < -0.4 is 21.2 Å². The summed E-state index contributed by atoms with van der Waals surface area (Å²) < 4.78 is 11.9. The van der Waals surface area contributed by atoms with Crippen molar-refractivity contribution in [2.75, 3.05) is 7.11 Å². The zero-order valence-electron chi connectivity index (χ0n) is 11.4. The number of hydrogen-bond donors (Lipinski definition) is 0. The van der Waals surface area contributed by atoms with Crippen LogP contribution in [0.1, 0.15) is 15.9 Å². The maximum absolute atomic E-state index is 11.4. The molecule has 0 aliphatic heterocycles. The van der Waals surface area contributed by atoms with Gasteiger partial charge in [-0.05, 0) is 42.0 Å². The number of benzene rings is 2. The second-order valence-corrected chi connectivity index (χ2v) is 7.16. The number of hydrogen-bond acceptors (Lipinski definition) is 4. The van der Waals surface area contributed by atoms with Crippen LogP contribution in [0.25, 0.3) is 0 Å². The first kappa shape index (κ1) is 15.5. The average molecular weight is 397 g/mol. The van der Waals surface area contributed by atoms with Crippen LogP contribution in [0, 0.1) is 7.14 Å². The van der Waals surface area contributed by atoms with Gasteiger partial charge in [-0.3, -0.25) is 4.79 Å². The molecule has 2 rings (SSSR count). The van der Waals surface area contributed by atoms with E-state index in [4.69, 9.17) is 4.74 Å². The number of carbonyl (C=O) groups is 2. The lowest BCUT2D eigenvalue weighted by Gasteiger charge is -1.98. The molecule has 0 aliphatic carbocycles. The van der Waals surface area contributed by atoms with Crippen LogP contribution in [0.5, 0.6) is 0 Å². The van der Waals surface area contributed by atoms with Crippen molar-refractivity contribution >= 4 is 12.4 Å². The molecule has 0 saturated carbocycles. The van der Waals surface area contributed by atoms with E-state index in [9.17, 15) is 9.59 Å². The molecule has 0 aromatic heterocycles. The summed E-state index contributed by atoms with van der Waals surface area (Å²) in [5.41, 5.74) is 1.53. The van der Waals surface area contributed by atoms with Gasteiger partial charge in [-0.25, -0.2) is 4.79 Å². The van der Waals surface area contributed by atoms with Crippen molar-refractivity contribution in [2.45, 2.75) is 6.61 Å². The summed E-state index contributed by atoms with van der Waals surface area (Å²) in [5.74, 6) is -0.320. The average Bonchev–Trinajstić information content (AvgIpc) is 2.54. The molecule has 21 heavy (non-hydrogen) atoms. The third-order valence-corrected chi connectivity index (χ3v) is 5.40. The summed E-state index contributed by atoms with van der Waals surface area (Å²) in [5, 5.41) is 0. The number of methoxy groups -OCH3 is 1. The molecule has 2 aromatic carbocycles. The first-order valence-electron chi connectivity index (χ1n) is 6.20. The molecule has 0 fully saturated rings. The van der Waals surface area contributed by atoms with Gasteiger partial charge in [-0.1, -0.05) is 12.1 Å². The van der Waals surface area contributed by atoms with Crippen LogP contribution in [-0.2, 0) is 20.9 Å². The fourth-order valence-electron chi connectivity index (χ4n) is 1.67. The molecule has 0 aliphatic rings. The van der Waals surface area contributed by atoms with E-state index in [1.54, 1.807) is 12.1 Å². The first-order chi connectivity index (χ1) is 10.2. The maximum atomic E-state index is 11.4. The predicted octanol–water partition coefficient (Wildman–Crippen LogP) is -0.725. The molecule has 0 radical (unpaired) electrons. The van der Waals surface area contributed by atoms with E-state index in [-0.39, 0.29) is 27.2 Å². The van der Waals surface area contributed by atoms with Gasteiger partial charge in [0.1, 0.15) is 6.61 Å². The van der Waals surface area contributed by atoms with E-state index in [2.05, 4.69) is 4.74 Å². The maximum Gasteiger partial charge on any atom is 0.357 e. The normalized spacial score (nSPS) is 9.95. The number of ether oxygens (including phenoxy) is 2. The van der Waals surface area contributed by atoms with Crippen molar-refractivity contribution in [1.29, 1.82) is 0 Å². The topological polar surface area (TPSA) is 52.6 Å². The van der Waals surface area contributed by atoms with Crippen LogP contribution in [0.3, 0.4) is 0 Å². The van der Waals surface area contributed by atoms with Crippen LogP contribution in [0.2, 0.25) is 0 Å². The number of halogens is 1. The fraction of sp³-hybridized carbons (Fsp3) is 0.125. The van der Waals surface area contributed by atoms with E-state index in [0.29, 0.717) is 18.6 Å². The van der Waals surface area contributed by atoms with Crippen molar-refractivity contribution in [3.63, 3.8) is 0 Å². The number of carbonyl (C=O) groups excluding carboxylic acids is 2. The van der Waals surface area contributed by atoms with Crippen LogP contribution >= 0.6 is 0 Å². The molecule has 0 bridgehead atoms. The molecule has 5 heteroatoms. The summed E-state index contributed by atoms with van der Waals surface area (Å²) in [4.78, 5) is 21.5. The van der Waals surface area contributed by atoms with Gasteiger partial charge in [-0.2, -0.15) is 0 Å². The smallest absolute Gasteiger partial charge is 0.357 e. The van der Waals surface area contributed by atoms with E-state index >= 15 is 0 Å². The van der Waals surface area contributed by atoms with Gasteiger partial charge < -0.3 is 9.47 Å². The zero-order valence-corrected chi connectivity index (χ0v) is 13.6. The highest BCUT2D eigenvalue weighted by atomic mass is 127. The molecule has 0 atom stereocenters. The Bertz CT molecular complexity index is 605. The number of rotatable bonds is 6. The first-order valence-corrected chi connectivity index (χ1v) is 8.36. The third-order valence-electron chi connectivity index (χ3n) is 2.71. The Labute approximate surface area is 133 Å². The van der Waals surface area contributed by atoms with Crippen molar-refractivity contribution in [3.05, 3.63) is 66.8 Å². The predicted molar refractivity (Wildman–Crippen MR) is 72.5 cm³/mol. The molecule has 0 heterocycles. The second-order valence-electron chi connectivity index (χ2n) is 4.13. The molecule has 0 saturated heterocycles. The van der Waals surface area contributed by atoms with Crippen molar-refractivity contribution < 1.29 is 40.3 Å². The molecule has 0 spiro atoms. The van der Waals surface area contributed by atoms with E-state index < -0.39 is 0 Å². The molecule has 0 N–H and O–H groups in total. The van der Waals surface area contributed by atoms with Crippen LogP contribution in [0.4, 0.5) is 0 Å². The molecular formula is C16H14IO4+. The van der Waals surface area contributed by atoms with Gasteiger partial charge in [-0.15, -0.1) is 0 Å². The summed E-state index contributed by atoms with van der Waals surface area (Å²) in [6.07, 6.45) is 0. The van der Waals surface area contributed by atoms with Crippen molar-refractivity contribution in [1.82, 2.24) is 0 Å². The Morgan fingerprint density at radius 1 is 1.05 bits per heavy atom. The molecule has 2 aromatic rings. The molecule has 108 valence electrons. The highest BCUT2D eigenvalue weighted by Crippen LogP contribution is 2.01. The monoisotopic (exact) mass is 397 g/mol. The quantitative estimate of drug-likeness (QED) is 0.367. The fourth-order valence-corrected chi connectivity index (χ4v) is 3.82. The zero-order chi connectivity index (χ0) is 15.1. The SMILES string of the molecule is COC(=O)c1ccc([I+]c2ccc(COC=O)cc2)cc1. The Kier molecular flexibility index (Phi) is 5.74. The molecule has 0 unspecified atom stereocenters. The Morgan fingerprint density at radius 2 is 1.62 bits per heavy atom. The third kappa shape index (κ3) is 4.56. The summed E-state index contributed by atoms with van der Waals surface area (Å²) >= 11 is -0.297. The van der Waals surface area contributed by atoms with Gasteiger partial charge in [0, 0.05) is 0 Å². The molecule has 0 amide bonds. The van der Waals surface area contributed by atoms with Crippen molar-refractivity contribution in [2.24, 2.45) is 0 Å². The minimum absolute atomic E-state index is 0.297. The van der Waals surface area contributed by atoms with Gasteiger partial charge in [0.25, 0.3) is 6.47 Å². The molecular weight excluding hydrogens is 383 g/mol. The standard InChI is InChI=1S/C16H14IO4/c1-20-16(19)13-4-8-15(9-5-13)17-14-6-2-12(3-7-14)10-21-11-18/h2-9,11H,10H2,1H3/q+1. The Balaban J connectivity index is 2.01. The number of esters is 1. The van der Waals surface area contributed by atoms with Crippen molar-refractivity contribution in [3.8, 4) is 0 Å². The lowest BCUT2D eigenvalue weighted by atomic mass is 10.2. The largest absolute Gasteiger partial charge is 0.465 e. The Morgan fingerprint density at radius 3 is 2.14 bits per heavy atom. The van der Waals surface area contributed by atoms with Gasteiger partial charge >= 0.3 is 27.2 Å². The summed E-state index contributed by atoms with van der Waals surface area (Å²) in [7, 11) is 1.37. The lowest BCUT2D eigenvalue weighted by molar-refractivity contribution is -0.597. The van der Waals surface area contributed by atoms with E-state index in [1.165, 1.54) is 14.3 Å². The van der Waals surface area contributed by atoms with Gasteiger partial charge in [0.15, 0.2) is 7.14 Å². The summed E-state index contributed by atoms with van der Waals surface area (Å²) in [6, 6.07) is 15.5. The lowest BCUT2D eigenvalue weighted by Crippen LogP contribution is -3.61. The minimum Gasteiger partial charge on any atom is -0.465 e. The second kappa shape index (κ2) is 7.78. The minimum atomic E-state index is -0.320. The van der Waals surface area contributed by atoms with Gasteiger partial charge in [0.05, 0.1) is 12.7 Å². The highest BCUT2D eigenvalue weighted by Gasteiger charge is 2.16. The van der Waals surface area contributed by atoms with Crippen LogP contribution in [-0.4, -0.2) is 19.6 Å². The molecule has 4 nitrogen and oxygen atoms in total. The van der Waals surface area contributed by atoms with Gasteiger partial charge in [0.2, 0.25) is 0 Å². The van der Waals surface area contributed by atoms with E-state index in [1.807, 2.05) is 36.4 Å². The highest BCUT2D eigenvalue weighted by molar-refractivity contribution is 5.89. The summed E-state index contributed by atoms with van der Waals surface area (Å²) in [6.45, 7) is 0.750.